The Morgan fingerprint density at radius 2 is 1.92 bits per heavy atom. The van der Waals surface area contributed by atoms with Crippen molar-refractivity contribution in [1.82, 2.24) is 4.98 Å². The summed E-state index contributed by atoms with van der Waals surface area (Å²) in [5.41, 5.74) is 4.14. The molecule has 0 fully saturated rings. The number of nitrogens with one attached hydrogen (secondary N) is 1. The molecule has 0 saturated carbocycles. The fourth-order valence-electron chi connectivity index (χ4n) is 2.96. The van der Waals surface area contributed by atoms with Gasteiger partial charge in [0.1, 0.15) is 4.88 Å². The van der Waals surface area contributed by atoms with Crippen molar-refractivity contribution >= 4 is 23.1 Å². The Balaban J connectivity index is 1.51. The molecular formula is C19H15NO3S. The van der Waals surface area contributed by atoms with E-state index in [2.05, 4.69) is 17.1 Å². The number of benzene rings is 1. The zero-order valence-electron chi connectivity index (χ0n) is 12.9. The molecular weight excluding hydrogens is 322 g/mol. The third-order valence-corrected chi connectivity index (χ3v) is 5.36. The van der Waals surface area contributed by atoms with E-state index in [1.54, 1.807) is 18.3 Å². The average Bonchev–Trinajstić information content (AvgIpc) is 3.28. The number of fused-ring (bicyclic) bond motifs is 3. The lowest BCUT2D eigenvalue weighted by Crippen LogP contribution is -2.13. The molecule has 5 heteroatoms. The number of hydrogen-bond donors (Lipinski definition) is 1. The second-order valence-electron chi connectivity index (χ2n) is 5.71. The number of thiophene rings is 1. The number of carbonyl (C=O) groups excluding carboxylic acids is 2. The van der Waals surface area contributed by atoms with Crippen LogP contribution in [0.2, 0.25) is 0 Å². The van der Waals surface area contributed by atoms with E-state index in [-0.39, 0.29) is 12.4 Å². The maximum atomic E-state index is 12.3. The number of esters is 1. The van der Waals surface area contributed by atoms with Crippen molar-refractivity contribution in [3.8, 4) is 10.4 Å². The summed E-state index contributed by atoms with van der Waals surface area (Å²) in [6, 6.07) is 13.6. The van der Waals surface area contributed by atoms with Crippen LogP contribution in [0.15, 0.2) is 48.7 Å². The minimum atomic E-state index is -0.438. The van der Waals surface area contributed by atoms with Gasteiger partial charge in [-0.1, -0.05) is 24.3 Å². The number of ether oxygens (including phenoxy) is 1. The molecule has 0 aliphatic heterocycles. The summed E-state index contributed by atoms with van der Waals surface area (Å²) in [4.78, 5) is 28.7. The number of rotatable bonds is 4. The number of aromatic amines is 1. The molecule has 4 rings (SSSR count). The van der Waals surface area contributed by atoms with Crippen LogP contribution in [0.25, 0.3) is 10.4 Å². The normalized spacial score (nSPS) is 12.3. The Morgan fingerprint density at radius 1 is 1.08 bits per heavy atom. The highest BCUT2D eigenvalue weighted by atomic mass is 32.1. The van der Waals surface area contributed by atoms with Gasteiger partial charge in [0.15, 0.2) is 6.61 Å². The summed E-state index contributed by atoms with van der Waals surface area (Å²) in [6.45, 7) is -0.251. The second-order valence-corrected chi connectivity index (χ2v) is 6.76. The Hall–Kier alpha value is -2.66. The van der Waals surface area contributed by atoms with Gasteiger partial charge < -0.3 is 9.72 Å². The summed E-state index contributed by atoms with van der Waals surface area (Å²) in [5.74, 6) is -0.674. The molecule has 3 aromatic rings. The van der Waals surface area contributed by atoms with Gasteiger partial charge in [-0.05, 0) is 47.7 Å². The highest BCUT2D eigenvalue weighted by Crippen LogP contribution is 2.39. The van der Waals surface area contributed by atoms with Gasteiger partial charge in [-0.15, -0.1) is 11.3 Å². The van der Waals surface area contributed by atoms with E-state index in [0.717, 1.165) is 17.7 Å². The van der Waals surface area contributed by atoms with Crippen LogP contribution in [0.3, 0.4) is 0 Å². The number of ketones is 1. The molecule has 2 heterocycles. The zero-order chi connectivity index (χ0) is 16.5. The maximum absolute atomic E-state index is 12.3. The lowest BCUT2D eigenvalue weighted by atomic mass is 9.91. The van der Waals surface area contributed by atoms with Crippen LogP contribution in [0.1, 0.15) is 31.3 Å². The van der Waals surface area contributed by atoms with Crippen LogP contribution in [-0.4, -0.2) is 23.3 Å². The Morgan fingerprint density at radius 3 is 2.75 bits per heavy atom. The third-order valence-electron chi connectivity index (χ3n) is 4.17. The molecule has 2 aromatic heterocycles. The summed E-state index contributed by atoms with van der Waals surface area (Å²) in [7, 11) is 0. The molecule has 1 aliphatic carbocycles. The van der Waals surface area contributed by atoms with E-state index >= 15 is 0 Å². The summed E-state index contributed by atoms with van der Waals surface area (Å²) in [6.07, 6.45) is 3.58. The van der Waals surface area contributed by atoms with E-state index in [1.165, 1.54) is 28.0 Å². The van der Waals surface area contributed by atoms with E-state index < -0.39 is 5.97 Å². The minimum Gasteiger partial charge on any atom is -0.453 e. The highest BCUT2D eigenvalue weighted by Gasteiger charge is 2.22. The monoisotopic (exact) mass is 337 g/mol. The first kappa shape index (κ1) is 14.9. The van der Waals surface area contributed by atoms with Crippen LogP contribution in [0.4, 0.5) is 0 Å². The van der Waals surface area contributed by atoms with Crippen molar-refractivity contribution in [3.05, 3.63) is 70.4 Å². The predicted molar refractivity (Wildman–Crippen MR) is 92.6 cm³/mol. The molecule has 1 N–H and O–H groups in total. The Kier molecular flexibility index (Phi) is 3.78. The van der Waals surface area contributed by atoms with Crippen LogP contribution < -0.4 is 0 Å². The number of H-pyrrole nitrogens is 1. The molecule has 0 bridgehead atoms. The molecule has 1 aromatic carbocycles. The summed E-state index contributed by atoms with van der Waals surface area (Å²) >= 11 is 1.44. The smallest absolute Gasteiger partial charge is 0.348 e. The van der Waals surface area contributed by atoms with Gasteiger partial charge in [-0.2, -0.15) is 0 Å². The van der Waals surface area contributed by atoms with E-state index in [9.17, 15) is 9.59 Å². The molecule has 0 amide bonds. The van der Waals surface area contributed by atoms with Crippen LogP contribution in [0.5, 0.6) is 0 Å². The molecule has 0 unspecified atom stereocenters. The van der Waals surface area contributed by atoms with Crippen molar-refractivity contribution in [2.45, 2.75) is 12.8 Å². The molecule has 0 spiro atoms. The number of aromatic nitrogens is 1. The van der Waals surface area contributed by atoms with Crippen molar-refractivity contribution < 1.29 is 14.3 Å². The molecule has 120 valence electrons. The third kappa shape index (κ3) is 2.67. The van der Waals surface area contributed by atoms with Crippen molar-refractivity contribution in [2.75, 3.05) is 6.61 Å². The molecule has 0 radical (unpaired) electrons. The maximum Gasteiger partial charge on any atom is 0.348 e. The first-order chi connectivity index (χ1) is 11.7. The van der Waals surface area contributed by atoms with Gasteiger partial charge in [0.2, 0.25) is 5.78 Å². The molecule has 0 atom stereocenters. The quantitative estimate of drug-likeness (QED) is 0.580. The average molecular weight is 337 g/mol. The fraction of sp³-hybridized carbons (Fsp3) is 0.158. The minimum absolute atomic E-state index is 0.236. The topological polar surface area (TPSA) is 59.2 Å². The van der Waals surface area contributed by atoms with Gasteiger partial charge >= 0.3 is 5.97 Å². The Bertz CT molecular complexity index is 909. The van der Waals surface area contributed by atoms with E-state index in [1.807, 2.05) is 18.2 Å². The van der Waals surface area contributed by atoms with Crippen molar-refractivity contribution in [1.29, 1.82) is 0 Å². The van der Waals surface area contributed by atoms with Crippen LogP contribution in [0, 0.1) is 0 Å². The van der Waals surface area contributed by atoms with E-state index in [0.29, 0.717) is 10.6 Å². The van der Waals surface area contributed by atoms with Crippen molar-refractivity contribution in [2.24, 2.45) is 0 Å². The molecule has 0 saturated heterocycles. The molecule has 1 aliphatic rings. The van der Waals surface area contributed by atoms with E-state index in [4.69, 9.17) is 4.74 Å². The fourth-order valence-corrected chi connectivity index (χ4v) is 4.12. The number of hydrogen-bond acceptors (Lipinski definition) is 4. The lowest BCUT2D eigenvalue weighted by Gasteiger charge is -2.15. The van der Waals surface area contributed by atoms with Gasteiger partial charge in [0.25, 0.3) is 0 Å². The predicted octanol–water partition coefficient (Wildman–Crippen LogP) is 3.88. The van der Waals surface area contributed by atoms with Gasteiger partial charge in [0.05, 0.1) is 5.69 Å². The summed E-state index contributed by atoms with van der Waals surface area (Å²) in [5, 5.41) is 0. The lowest BCUT2D eigenvalue weighted by molar-refractivity contribution is 0.0478. The highest BCUT2D eigenvalue weighted by molar-refractivity contribution is 7.17. The first-order valence-electron chi connectivity index (χ1n) is 7.77. The molecule has 4 nitrogen and oxygen atoms in total. The van der Waals surface area contributed by atoms with Gasteiger partial charge in [0, 0.05) is 11.1 Å². The van der Waals surface area contributed by atoms with Gasteiger partial charge in [-0.3, -0.25) is 4.79 Å². The van der Waals surface area contributed by atoms with Crippen LogP contribution in [-0.2, 0) is 17.6 Å². The van der Waals surface area contributed by atoms with Gasteiger partial charge in [-0.25, -0.2) is 4.79 Å². The number of aryl methyl sites for hydroxylation is 2. The first-order valence-corrected chi connectivity index (χ1v) is 8.59. The Labute approximate surface area is 143 Å². The second kappa shape index (κ2) is 6.09. The number of carbonyl (C=O) groups is 2. The van der Waals surface area contributed by atoms with Crippen molar-refractivity contribution in [3.63, 3.8) is 0 Å². The summed E-state index contributed by atoms with van der Waals surface area (Å²) < 4.78 is 5.18. The molecule has 24 heavy (non-hydrogen) atoms. The number of Topliss-reactive ketones (excluding diaryl/α,β-unsaturated/α-hetero) is 1. The standard InChI is InChI=1S/C19H15NO3S/c21-16(15-6-3-9-20-15)11-23-19(22)17-10-13-8-7-12-4-1-2-5-14(12)18(13)24-17/h1-6,9-10,20H,7-8,11H2. The SMILES string of the molecule is O=C(COC(=O)c1cc2c(s1)-c1ccccc1CC2)c1ccc[nH]1. The van der Waals surface area contributed by atoms with Crippen LogP contribution >= 0.6 is 11.3 Å². The zero-order valence-corrected chi connectivity index (χ0v) is 13.7. The largest absolute Gasteiger partial charge is 0.453 e.